The van der Waals surface area contributed by atoms with Crippen LogP contribution in [0.1, 0.15) is 149 Å². The average Bonchev–Trinajstić information content (AvgIpc) is 3.16. The maximum absolute atomic E-state index is 12.5. The average molecular weight is 781 g/mol. The number of hydrogen-bond donors (Lipinski definition) is 3. The second-order valence-corrected chi connectivity index (χ2v) is 14.7. The molecule has 0 aromatic rings. The van der Waals surface area contributed by atoms with Crippen LogP contribution in [0.3, 0.4) is 0 Å². The summed E-state index contributed by atoms with van der Waals surface area (Å²) in [4.78, 5) is 34.8. The fourth-order valence-corrected chi connectivity index (χ4v) is 5.81. The van der Waals surface area contributed by atoms with Crippen LogP contribution in [0, 0.1) is 0 Å². The first kappa shape index (κ1) is 51.4. The minimum absolute atomic E-state index is 0.0570. The first-order valence-electron chi connectivity index (χ1n) is 20.4. The molecule has 0 aliphatic heterocycles. The van der Waals surface area contributed by atoms with Crippen molar-refractivity contribution in [3.05, 3.63) is 72.9 Å². The van der Waals surface area contributed by atoms with Gasteiger partial charge in [0.15, 0.2) is 6.10 Å². The van der Waals surface area contributed by atoms with E-state index in [-0.39, 0.29) is 19.4 Å². The number of phosphoric ester groups is 1. The van der Waals surface area contributed by atoms with Crippen molar-refractivity contribution < 1.29 is 47.8 Å². The van der Waals surface area contributed by atoms with Gasteiger partial charge in [-0.2, -0.15) is 0 Å². The van der Waals surface area contributed by atoms with Gasteiger partial charge in [0.05, 0.1) is 19.8 Å². The van der Waals surface area contributed by atoms with E-state index in [1.165, 1.54) is 51.4 Å². The van der Waals surface area contributed by atoms with Crippen molar-refractivity contribution in [2.75, 3.05) is 26.4 Å². The number of carbonyl (C=O) groups excluding carboxylic acids is 2. The molecule has 0 bridgehead atoms. The van der Waals surface area contributed by atoms with Crippen LogP contribution >= 0.6 is 7.82 Å². The maximum atomic E-state index is 12.5. The monoisotopic (exact) mass is 780 g/mol. The van der Waals surface area contributed by atoms with Gasteiger partial charge in [-0.15, -0.1) is 0 Å². The Morgan fingerprint density at radius 1 is 0.574 bits per heavy atom. The van der Waals surface area contributed by atoms with Gasteiger partial charge in [0.2, 0.25) is 0 Å². The topological polar surface area (TPSA) is 149 Å². The lowest BCUT2D eigenvalue weighted by Crippen LogP contribution is -2.29. The highest BCUT2D eigenvalue weighted by molar-refractivity contribution is 7.47. The fraction of sp³-hybridized carbons (Fsp3) is 0.674. The van der Waals surface area contributed by atoms with Crippen molar-refractivity contribution in [1.29, 1.82) is 0 Å². The molecule has 0 aromatic heterocycles. The van der Waals surface area contributed by atoms with E-state index >= 15 is 0 Å². The molecule has 0 aliphatic carbocycles. The number of phosphoric acid groups is 1. The lowest BCUT2D eigenvalue weighted by atomic mass is 10.0. The van der Waals surface area contributed by atoms with Crippen LogP contribution < -0.4 is 0 Å². The summed E-state index contributed by atoms with van der Waals surface area (Å²) in [6.45, 7) is 2.16. The summed E-state index contributed by atoms with van der Waals surface area (Å²) in [5.41, 5.74) is 0. The van der Waals surface area contributed by atoms with Gasteiger partial charge in [0.1, 0.15) is 12.7 Å². The number of hydrogen-bond acceptors (Lipinski definition) is 9. The zero-order chi connectivity index (χ0) is 39.8. The molecule has 0 spiro atoms. The number of carbonyl (C=O) groups is 2. The second-order valence-electron chi connectivity index (χ2n) is 13.3. The van der Waals surface area contributed by atoms with Crippen molar-refractivity contribution >= 4 is 19.8 Å². The highest BCUT2D eigenvalue weighted by Gasteiger charge is 2.27. The van der Waals surface area contributed by atoms with E-state index < -0.39 is 51.8 Å². The normalized spacial score (nSPS) is 14.7. The van der Waals surface area contributed by atoms with Gasteiger partial charge in [-0.1, -0.05) is 157 Å². The highest BCUT2D eigenvalue weighted by atomic mass is 31.2. The number of allylic oxidation sites excluding steroid dienone is 12. The minimum Gasteiger partial charge on any atom is -0.462 e. The summed E-state index contributed by atoms with van der Waals surface area (Å²) in [6.07, 6.45) is 43.1. The molecule has 0 aromatic carbocycles. The quantitative estimate of drug-likeness (QED) is 0.0241. The van der Waals surface area contributed by atoms with Crippen LogP contribution in [-0.2, 0) is 32.7 Å². The Morgan fingerprint density at radius 3 is 1.50 bits per heavy atom. The Bertz CT molecular complexity index is 1130. The Hall–Kier alpha value is -2.59. The Balaban J connectivity index is 4.48. The molecule has 0 fully saturated rings. The predicted molar refractivity (Wildman–Crippen MR) is 219 cm³/mol. The van der Waals surface area contributed by atoms with Crippen LogP contribution in [0.2, 0.25) is 0 Å². The van der Waals surface area contributed by atoms with Crippen molar-refractivity contribution in [3.8, 4) is 0 Å². The van der Waals surface area contributed by atoms with Crippen LogP contribution in [0.4, 0.5) is 0 Å². The van der Waals surface area contributed by atoms with E-state index in [0.717, 1.165) is 57.8 Å². The molecule has 0 saturated heterocycles. The number of aliphatic hydroxyl groups is 2. The Labute approximate surface area is 327 Å². The molecule has 0 radical (unpaired) electrons. The third-order valence-electron chi connectivity index (χ3n) is 8.14. The maximum Gasteiger partial charge on any atom is 0.472 e. The first-order valence-corrected chi connectivity index (χ1v) is 21.9. The highest BCUT2D eigenvalue weighted by Crippen LogP contribution is 2.43. The van der Waals surface area contributed by atoms with Crippen molar-refractivity contribution in [2.45, 2.75) is 161 Å². The molecule has 0 aliphatic rings. The van der Waals surface area contributed by atoms with Crippen molar-refractivity contribution in [2.24, 2.45) is 0 Å². The standard InChI is InChI=1S/C43H73O10P/c1-3-5-7-9-11-13-15-17-18-19-20-21-22-23-25-27-29-31-33-35-43(47)53-41(39-52-54(48,49)51-37-40(45)36-44)38-50-42(46)34-32-30-28-26-24-16-14-12-10-8-6-4-2/h5,7,11,13,17-18,20-21,23,25,29,31,40-41,44-45H,3-4,6,8-10,12,14-16,19,22,24,26-28,30,32-39H2,1-2H3,(H,48,49)/b7-5+,13-11+,18-17+,21-20+,25-23+,31-29+/t40-,41+/m0/s1. The van der Waals surface area contributed by atoms with E-state index in [9.17, 15) is 24.2 Å². The minimum atomic E-state index is -4.64. The lowest BCUT2D eigenvalue weighted by molar-refractivity contribution is -0.161. The second kappa shape index (κ2) is 38.7. The Kier molecular flexibility index (Phi) is 36.8. The number of unbranched alkanes of at least 4 members (excludes halogenated alkanes) is 11. The third kappa shape index (κ3) is 37.7. The molecule has 310 valence electrons. The first-order chi connectivity index (χ1) is 26.2. The molecule has 3 atom stereocenters. The predicted octanol–water partition coefficient (Wildman–Crippen LogP) is 10.5. The summed E-state index contributed by atoms with van der Waals surface area (Å²) >= 11 is 0. The zero-order valence-electron chi connectivity index (χ0n) is 33.4. The molecule has 0 amide bonds. The Morgan fingerprint density at radius 2 is 1.02 bits per heavy atom. The van der Waals surface area contributed by atoms with Gasteiger partial charge in [-0.25, -0.2) is 4.57 Å². The fourth-order valence-electron chi connectivity index (χ4n) is 5.02. The van der Waals surface area contributed by atoms with E-state index in [2.05, 4.69) is 79.1 Å². The van der Waals surface area contributed by atoms with E-state index in [1.54, 1.807) is 0 Å². The zero-order valence-corrected chi connectivity index (χ0v) is 34.3. The summed E-state index contributed by atoms with van der Waals surface area (Å²) in [7, 11) is -4.64. The van der Waals surface area contributed by atoms with Crippen LogP contribution in [0.5, 0.6) is 0 Å². The van der Waals surface area contributed by atoms with Crippen LogP contribution in [0.15, 0.2) is 72.9 Å². The summed E-state index contributed by atoms with van der Waals surface area (Å²) in [6, 6.07) is 0. The van der Waals surface area contributed by atoms with E-state index in [4.69, 9.17) is 19.1 Å². The molecule has 10 nitrogen and oxygen atoms in total. The SMILES string of the molecule is CC/C=C/C/C=C/C/C=C/C/C=C/C/C=C/C/C=C/CCC(=O)O[C@H](COC(=O)CCCCCCCCCCCCCC)COP(=O)(O)OC[C@@H](O)CO. The van der Waals surface area contributed by atoms with Crippen LogP contribution in [0.25, 0.3) is 0 Å². The van der Waals surface area contributed by atoms with Gasteiger partial charge in [-0.05, 0) is 51.4 Å². The van der Waals surface area contributed by atoms with Crippen molar-refractivity contribution in [3.63, 3.8) is 0 Å². The van der Waals surface area contributed by atoms with Gasteiger partial charge in [0, 0.05) is 12.8 Å². The van der Waals surface area contributed by atoms with Crippen LogP contribution in [-0.4, -0.2) is 65.7 Å². The third-order valence-corrected chi connectivity index (χ3v) is 9.09. The number of ether oxygens (including phenoxy) is 2. The van der Waals surface area contributed by atoms with Gasteiger partial charge in [0.25, 0.3) is 0 Å². The summed E-state index contributed by atoms with van der Waals surface area (Å²) in [5.74, 6) is -1.03. The number of aliphatic hydroxyl groups excluding tert-OH is 2. The smallest absolute Gasteiger partial charge is 0.462 e. The molecule has 0 heterocycles. The molecular formula is C43H73O10P. The molecular weight excluding hydrogens is 707 g/mol. The van der Waals surface area contributed by atoms with Gasteiger partial charge in [-0.3, -0.25) is 18.6 Å². The van der Waals surface area contributed by atoms with E-state index in [1.807, 2.05) is 12.2 Å². The summed E-state index contributed by atoms with van der Waals surface area (Å²) in [5, 5.41) is 18.3. The van der Waals surface area contributed by atoms with Gasteiger partial charge >= 0.3 is 19.8 Å². The molecule has 3 N–H and O–H groups in total. The number of esters is 2. The molecule has 0 saturated carbocycles. The largest absolute Gasteiger partial charge is 0.472 e. The lowest BCUT2D eigenvalue weighted by Gasteiger charge is -2.20. The molecule has 0 rings (SSSR count). The summed E-state index contributed by atoms with van der Waals surface area (Å²) < 4.78 is 32.5. The van der Waals surface area contributed by atoms with Crippen molar-refractivity contribution in [1.82, 2.24) is 0 Å². The van der Waals surface area contributed by atoms with E-state index in [0.29, 0.717) is 12.8 Å². The number of rotatable bonds is 37. The molecule has 11 heteroatoms. The molecule has 1 unspecified atom stereocenters. The molecule has 54 heavy (non-hydrogen) atoms. The van der Waals surface area contributed by atoms with Gasteiger partial charge < -0.3 is 24.6 Å².